The lowest BCUT2D eigenvalue weighted by Crippen LogP contribution is -2.23. The van der Waals surface area contributed by atoms with Gasteiger partial charge >= 0.3 is 0 Å². The SMILES string of the molecule is NS(=O)(=O)c1cc2c(c([N+](=O)[O-])c1)C[C@H](CCI)CO2. The van der Waals surface area contributed by atoms with E-state index in [0.29, 0.717) is 18.6 Å². The molecule has 1 heterocycles. The van der Waals surface area contributed by atoms with Crippen LogP contribution in [0.5, 0.6) is 5.75 Å². The monoisotopic (exact) mass is 412 g/mol. The molecule has 1 aliphatic rings. The van der Waals surface area contributed by atoms with E-state index in [9.17, 15) is 18.5 Å². The van der Waals surface area contributed by atoms with Gasteiger partial charge in [0.1, 0.15) is 5.75 Å². The fraction of sp³-hybridized carbons (Fsp3) is 0.455. The van der Waals surface area contributed by atoms with Crippen molar-refractivity contribution in [2.24, 2.45) is 11.1 Å². The number of rotatable bonds is 4. The topological polar surface area (TPSA) is 113 Å². The molecule has 1 aliphatic heterocycles. The lowest BCUT2D eigenvalue weighted by molar-refractivity contribution is -0.386. The van der Waals surface area contributed by atoms with Gasteiger partial charge in [0.05, 0.1) is 22.0 Å². The molecule has 0 bridgehead atoms. The first-order chi connectivity index (χ1) is 9.32. The van der Waals surface area contributed by atoms with Crippen LogP contribution in [0.25, 0.3) is 0 Å². The lowest BCUT2D eigenvalue weighted by atomic mass is 9.93. The van der Waals surface area contributed by atoms with Gasteiger partial charge in [-0.05, 0) is 23.2 Å². The maximum absolute atomic E-state index is 11.4. The summed E-state index contributed by atoms with van der Waals surface area (Å²) < 4.78 is 29.1. The fourth-order valence-corrected chi connectivity index (χ4v) is 3.59. The number of nitro groups is 1. The summed E-state index contributed by atoms with van der Waals surface area (Å²) in [5.74, 6) is 0.450. The highest BCUT2D eigenvalue weighted by molar-refractivity contribution is 14.1. The number of primary sulfonamides is 1. The van der Waals surface area contributed by atoms with Crippen LogP contribution in [-0.2, 0) is 16.4 Å². The van der Waals surface area contributed by atoms with Crippen molar-refractivity contribution in [3.8, 4) is 5.75 Å². The number of hydrogen-bond donors (Lipinski definition) is 1. The molecule has 0 aliphatic carbocycles. The molecule has 2 N–H and O–H groups in total. The number of hydrogen-bond acceptors (Lipinski definition) is 5. The number of nitrogens with zero attached hydrogens (tertiary/aromatic N) is 1. The molecule has 1 aromatic carbocycles. The molecule has 20 heavy (non-hydrogen) atoms. The van der Waals surface area contributed by atoms with Crippen LogP contribution in [0, 0.1) is 16.0 Å². The van der Waals surface area contributed by atoms with Gasteiger partial charge in [0.2, 0.25) is 10.0 Å². The molecule has 1 atom stereocenters. The molecular weight excluding hydrogens is 399 g/mol. The maximum Gasteiger partial charge on any atom is 0.277 e. The van der Waals surface area contributed by atoms with Crippen LogP contribution in [-0.4, -0.2) is 24.4 Å². The molecule has 0 spiro atoms. The van der Waals surface area contributed by atoms with Crippen LogP contribution in [0.1, 0.15) is 12.0 Å². The Labute approximate surface area is 129 Å². The molecule has 1 aromatic rings. The van der Waals surface area contributed by atoms with Crippen molar-refractivity contribution >= 4 is 38.3 Å². The third-order valence-electron chi connectivity index (χ3n) is 3.17. The van der Waals surface area contributed by atoms with Gasteiger partial charge in [0.15, 0.2) is 0 Å². The number of nitro benzene ring substituents is 1. The van der Waals surface area contributed by atoms with Crippen LogP contribution in [0.4, 0.5) is 5.69 Å². The summed E-state index contributed by atoms with van der Waals surface area (Å²) in [5, 5.41) is 16.2. The Bertz CT molecular complexity index is 646. The highest BCUT2D eigenvalue weighted by atomic mass is 127. The van der Waals surface area contributed by atoms with Gasteiger partial charge in [0.25, 0.3) is 5.69 Å². The van der Waals surface area contributed by atoms with Crippen molar-refractivity contribution < 1.29 is 18.1 Å². The molecule has 0 saturated heterocycles. The lowest BCUT2D eigenvalue weighted by Gasteiger charge is -2.24. The fourth-order valence-electron chi connectivity index (χ4n) is 2.16. The number of sulfonamides is 1. The van der Waals surface area contributed by atoms with Gasteiger partial charge in [-0.2, -0.15) is 0 Å². The molecule has 0 aromatic heterocycles. The predicted octanol–water partition coefficient (Wildman–Crippen LogP) is 1.62. The summed E-state index contributed by atoms with van der Waals surface area (Å²) in [6, 6.07) is 2.27. The number of ether oxygens (including phenoxy) is 1. The number of halogens is 1. The Morgan fingerprint density at radius 3 is 2.75 bits per heavy atom. The van der Waals surface area contributed by atoms with Crippen molar-refractivity contribution in [2.45, 2.75) is 17.7 Å². The van der Waals surface area contributed by atoms with Gasteiger partial charge in [-0.1, -0.05) is 22.6 Å². The van der Waals surface area contributed by atoms with E-state index in [-0.39, 0.29) is 22.3 Å². The standard InChI is InChI=1S/C11H13IN2O5S/c12-2-1-7-3-9-10(14(15)16)4-8(20(13,17)18)5-11(9)19-6-7/h4-5,7H,1-3,6H2,(H2,13,17,18)/t7-/m0/s1. The molecule has 9 heteroatoms. The van der Waals surface area contributed by atoms with Crippen LogP contribution < -0.4 is 9.88 Å². The van der Waals surface area contributed by atoms with Crippen LogP contribution >= 0.6 is 22.6 Å². The van der Waals surface area contributed by atoms with Crippen molar-refractivity contribution in [3.05, 3.63) is 27.8 Å². The van der Waals surface area contributed by atoms with Gasteiger partial charge in [-0.15, -0.1) is 0 Å². The molecule has 0 unspecified atom stereocenters. The first-order valence-electron chi connectivity index (χ1n) is 5.85. The zero-order valence-electron chi connectivity index (χ0n) is 10.4. The van der Waals surface area contributed by atoms with Crippen molar-refractivity contribution in [1.82, 2.24) is 0 Å². The van der Waals surface area contributed by atoms with E-state index in [1.54, 1.807) is 0 Å². The molecule has 0 saturated carbocycles. The van der Waals surface area contributed by atoms with E-state index in [1.165, 1.54) is 6.07 Å². The number of nitrogens with two attached hydrogens (primary N) is 1. The molecule has 0 fully saturated rings. The quantitative estimate of drug-likeness (QED) is 0.350. The van der Waals surface area contributed by atoms with E-state index in [1.807, 2.05) is 0 Å². The zero-order chi connectivity index (χ0) is 14.9. The Balaban J connectivity index is 2.52. The number of benzene rings is 1. The third kappa shape index (κ3) is 3.20. The summed E-state index contributed by atoms with van der Waals surface area (Å²) in [6.45, 7) is 0.432. The molecule has 0 radical (unpaired) electrons. The highest BCUT2D eigenvalue weighted by Crippen LogP contribution is 2.37. The minimum atomic E-state index is -4.00. The Hall–Kier alpha value is -0.940. The van der Waals surface area contributed by atoms with Crippen molar-refractivity contribution in [2.75, 3.05) is 11.0 Å². The smallest absolute Gasteiger partial charge is 0.277 e. The normalized spacial score (nSPS) is 18.2. The summed E-state index contributed by atoms with van der Waals surface area (Å²) in [7, 11) is -4.00. The number of alkyl halides is 1. The van der Waals surface area contributed by atoms with E-state index in [0.717, 1.165) is 16.9 Å². The largest absolute Gasteiger partial charge is 0.493 e. The van der Waals surface area contributed by atoms with E-state index < -0.39 is 14.9 Å². The molecule has 7 nitrogen and oxygen atoms in total. The summed E-state index contributed by atoms with van der Waals surface area (Å²) in [5.41, 5.74) is 0.202. The summed E-state index contributed by atoms with van der Waals surface area (Å²) in [4.78, 5) is 10.2. The van der Waals surface area contributed by atoms with E-state index in [2.05, 4.69) is 22.6 Å². The van der Waals surface area contributed by atoms with Gasteiger partial charge in [-0.25, -0.2) is 13.6 Å². The Morgan fingerprint density at radius 1 is 1.50 bits per heavy atom. The first-order valence-corrected chi connectivity index (χ1v) is 8.93. The van der Waals surface area contributed by atoms with Crippen LogP contribution in [0.15, 0.2) is 17.0 Å². The molecule has 110 valence electrons. The molecule has 2 rings (SSSR count). The second kappa shape index (κ2) is 5.82. The molecule has 0 amide bonds. The van der Waals surface area contributed by atoms with Crippen molar-refractivity contribution in [3.63, 3.8) is 0 Å². The predicted molar refractivity (Wildman–Crippen MR) is 80.7 cm³/mol. The second-order valence-corrected chi connectivity index (χ2v) is 7.22. The van der Waals surface area contributed by atoms with Crippen LogP contribution in [0.3, 0.4) is 0 Å². The summed E-state index contributed by atoms with van der Waals surface area (Å²) in [6.07, 6.45) is 1.41. The maximum atomic E-state index is 11.4. The van der Waals surface area contributed by atoms with Crippen LogP contribution in [0.2, 0.25) is 0 Å². The van der Waals surface area contributed by atoms with E-state index >= 15 is 0 Å². The van der Waals surface area contributed by atoms with Gasteiger partial charge in [0, 0.05) is 12.1 Å². The second-order valence-electron chi connectivity index (χ2n) is 4.58. The number of fused-ring (bicyclic) bond motifs is 1. The minimum absolute atomic E-state index is 0.207. The first kappa shape index (κ1) is 15.4. The Kier molecular flexibility index (Phi) is 4.49. The average molecular weight is 412 g/mol. The highest BCUT2D eigenvalue weighted by Gasteiger charge is 2.29. The average Bonchev–Trinajstić information content (AvgIpc) is 2.36. The zero-order valence-corrected chi connectivity index (χ0v) is 13.4. The van der Waals surface area contributed by atoms with E-state index in [4.69, 9.17) is 9.88 Å². The van der Waals surface area contributed by atoms with Gasteiger partial charge in [-0.3, -0.25) is 10.1 Å². The van der Waals surface area contributed by atoms with Crippen molar-refractivity contribution in [1.29, 1.82) is 0 Å². The molecular formula is C11H13IN2O5S. The van der Waals surface area contributed by atoms with Gasteiger partial charge < -0.3 is 4.74 Å². The Morgan fingerprint density at radius 2 is 2.20 bits per heavy atom. The minimum Gasteiger partial charge on any atom is -0.493 e. The third-order valence-corrected chi connectivity index (χ3v) is 4.68. The summed E-state index contributed by atoms with van der Waals surface area (Å²) >= 11 is 2.24.